The van der Waals surface area contributed by atoms with Gasteiger partial charge in [-0.05, 0) is 38.6 Å². The van der Waals surface area contributed by atoms with Crippen molar-refractivity contribution in [3.63, 3.8) is 0 Å². The average molecular weight is 276 g/mol. The highest BCUT2D eigenvalue weighted by molar-refractivity contribution is 6.17. The van der Waals surface area contributed by atoms with Gasteiger partial charge in [0, 0.05) is 19.0 Å². The molecule has 0 aromatic heterocycles. The molecule has 0 radical (unpaired) electrons. The lowest BCUT2D eigenvalue weighted by Crippen LogP contribution is -2.31. The van der Waals surface area contributed by atoms with E-state index in [1.807, 2.05) is 0 Å². The van der Waals surface area contributed by atoms with Crippen LogP contribution in [0.15, 0.2) is 0 Å². The minimum absolute atomic E-state index is 0.274. The van der Waals surface area contributed by atoms with Crippen LogP contribution in [0.2, 0.25) is 0 Å². The fourth-order valence-corrected chi connectivity index (χ4v) is 3.25. The molecule has 1 N–H and O–H groups in total. The van der Waals surface area contributed by atoms with Gasteiger partial charge < -0.3 is 14.8 Å². The number of rotatable bonds is 8. The fraction of sp³-hybridized carbons (Fsp3) is 1.00. The van der Waals surface area contributed by atoms with E-state index >= 15 is 0 Å². The van der Waals surface area contributed by atoms with E-state index < -0.39 is 0 Å². The summed E-state index contributed by atoms with van der Waals surface area (Å²) in [6.07, 6.45) is 9.29. The zero-order valence-corrected chi connectivity index (χ0v) is 12.0. The van der Waals surface area contributed by atoms with E-state index in [1.165, 1.54) is 38.5 Å². The van der Waals surface area contributed by atoms with Crippen LogP contribution in [-0.4, -0.2) is 43.9 Å². The van der Waals surface area contributed by atoms with Crippen LogP contribution in [-0.2, 0) is 9.47 Å². The molecule has 1 aliphatic heterocycles. The van der Waals surface area contributed by atoms with Crippen molar-refractivity contribution in [1.82, 2.24) is 5.32 Å². The highest BCUT2D eigenvalue weighted by Gasteiger charge is 2.41. The van der Waals surface area contributed by atoms with Crippen molar-refractivity contribution < 1.29 is 9.47 Å². The third kappa shape index (κ3) is 4.37. The summed E-state index contributed by atoms with van der Waals surface area (Å²) in [4.78, 5) is 0. The Labute approximate surface area is 116 Å². The number of hydrogen-bond donors (Lipinski definition) is 1. The first kappa shape index (κ1) is 14.6. The van der Waals surface area contributed by atoms with Crippen molar-refractivity contribution in [3.05, 3.63) is 0 Å². The smallest absolute Gasteiger partial charge is 0.0708 e. The molecule has 18 heavy (non-hydrogen) atoms. The topological polar surface area (TPSA) is 30.5 Å². The molecule has 1 heterocycles. The van der Waals surface area contributed by atoms with Gasteiger partial charge in [-0.25, -0.2) is 0 Å². The summed E-state index contributed by atoms with van der Waals surface area (Å²) in [6, 6.07) is 0. The summed E-state index contributed by atoms with van der Waals surface area (Å²) in [5, 5.41) is 3.47. The van der Waals surface area contributed by atoms with Gasteiger partial charge in [0.05, 0.1) is 18.3 Å². The molecule has 3 nitrogen and oxygen atoms in total. The standard InChI is InChI=1S/C14H26ClNO2/c15-8-11-17-10-3-9-16-12-13-4-7-14(18-13)5-1-2-6-14/h13,16H,1-12H2. The zero-order valence-electron chi connectivity index (χ0n) is 11.3. The Bertz CT molecular complexity index is 232. The third-order valence-electron chi connectivity index (χ3n) is 4.09. The predicted molar refractivity (Wildman–Crippen MR) is 74.3 cm³/mol. The van der Waals surface area contributed by atoms with Crippen LogP contribution < -0.4 is 5.32 Å². The van der Waals surface area contributed by atoms with Crippen LogP contribution in [0, 0.1) is 0 Å². The summed E-state index contributed by atoms with van der Waals surface area (Å²) < 4.78 is 11.6. The monoisotopic (exact) mass is 275 g/mol. The summed E-state index contributed by atoms with van der Waals surface area (Å²) in [6.45, 7) is 3.47. The molecule has 0 bridgehead atoms. The van der Waals surface area contributed by atoms with Crippen molar-refractivity contribution in [3.8, 4) is 0 Å². The third-order valence-corrected chi connectivity index (χ3v) is 4.24. The maximum absolute atomic E-state index is 6.24. The summed E-state index contributed by atoms with van der Waals surface area (Å²) in [7, 11) is 0. The maximum Gasteiger partial charge on any atom is 0.0708 e. The Morgan fingerprint density at radius 3 is 2.83 bits per heavy atom. The van der Waals surface area contributed by atoms with E-state index in [-0.39, 0.29) is 5.60 Å². The average Bonchev–Trinajstić information content (AvgIpc) is 3.00. The normalized spacial score (nSPS) is 26.2. The van der Waals surface area contributed by atoms with E-state index in [2.05, 4.69) is 5.32 Å². The summed E-state index contributed by atoms with van der Waals surface area (Å²) in [5.41, 5.74) is 0.274. The van der Waals surface area contributed by atoms with Crippen LogP contribution >= 0.6 is 11.6 Å². The molecule has 4 heteroatoms. The lowest BCUT2D eigenvalue weighted by Gasteiger charge is -2.23. The molecule has 0 amide bonds. The highest BCUT2D eigenvalue weighted by atomic mass is 35.5. The molecule has 1 atom stereocenters. The predicted octanol–water partition coefficient (Wildman–Crippen LogP) is 2.71. The second-order valence-electron chi connectivity index (χ2n) is 5.53. The van der Waals surface area contributed by atoms with E-state index in [4.69, 9.17) is 21.1 Å². The van der Waals surface area contributed by atoms with Crippen molar-refractivity contribution in [2.75, 3.05) is 32.2 Å². The van der Waals surface area contributed by atoms with Crippen molar-refractivity contribution in [2.45, 2.75) is 56.7 Å². The molecule has 0 aromatic rings. The van der Waals surface area contributed by atoms with Gasteiger partial charge in [-0.15, -0.1) is 11.6 Å². The molecular formula is C14H26ClNO2. The zero-order chi connectivity index (χ0) is 12.7. The van der Waals surface area contributed by atoms with Gasteiger partial charge in [0.1, 0.15) is 0 Å². The highest BCUT2D eigenvalue weighted by Crippen LogP contribution is 2.43. The van der Waals surface area contributed by atoms with Crippen LogP contribution in [0.4, 0.5) is 0 Å². The van der Waals surface area contributed by atoms with Gasteiger partial charge in [0.15, 0.2) is 0 Å². The van der Waals surface area contributed by atoms with Crippen LogP contribution in [0.5, 0.6) is 0 Å². The molecule has 1 saturated heterocycles. The second-order valence-corrected chi connectivity index (χ2v) is 5.91. The molecule has 2 fully saturated rings. The first-order valence-corrected chi connectivity index (χ1v) is 7.90. The molecule has 1 saturated carbocycles. The van der Waals surface area contributed by atoms with Gasteiger partial charge in [-0.2, -0.15) is 0 Å². The van der Waals surface area contributed by atoms with Crippen molar-refractivity contribution in [2.24, 2.45) is 0 Å². The molecule has 2 aliphatic rings. The summed E-state index contributed by atoms with van der Waals surface area (Å²) in [5.74, 6) is 0.589. The lowest BCUT2D eigenvalue weighted by atomic mass is 9.98. The Kier molecular flexibility index (Phi) is 6.22. The van der Waals surface area contributed by atoms with Crippen molar-refractivity contribution in [1.29, 1.82) is 0 Å². The van der Waals surface area contributed by atoms with E-state index in [1.54, 1.807) is 0 Å². The number of hydrogen-bond acceptors (Lipinski definition) is 3. The largest absolute Gasteiger partial charge is 0.380 e. The van der Waals surface area contributed by atoms with E-state index in [0.717, 1.165) is 26.1 Å². The van der Waals surface area contributed by atoms with Crippen molar-refractivity contribution >= 4 is 11.6 Å². The minimum Gasteiger partial charge on any atom is -0.380 e. The molecule has 2 rings (SSSR count). The summed E-state index contributed by atoms with van der Waals surface area (Å²) >= 11 is 5.53. The number of alkyl halides is 1. The van der Waals surface area contributed by atoms with Crippen LogP contribution in [0.25, 0.3) is 0 Å². The quantitative estimate of drug-likeness (QED) is 0.546. The maximum atomic E-state index is 6.24. The Hall–Kier alpha value is 0.170. The van der Waals surface area contributed by atoms with E-state index in [0.29, 0.717) is 18.6 Å². The van der Waals surface area contributed by atoms with Crippen LogP contribution in [0.3, 0.4) is 0 Å². The number of ether oxygens (including phenoxy) is 2. The van der Waals surface area contributed by atoms with Gasteiger partial charge in [-0.3, -0.25) is 0 Å². The first-order valence-electron chi connectivity index (χ1n) is 7.37. The SMILES string of the molecule is ClCCOCCCNCC1CCC2(CCCC2)O1. The van der Waals surface area contributed by atoms with E-state index in [9.17, 15) is 0 Å². The van der Waals surface area contributed by atoms with Gasteiger partial charge >= 0.3 is 0 Å². The van der Waals surface area contributed by atoms with Gasteiger partial charge in [0.25, 0.3) is 0 Å². The van der Waals surface area contributed by atoms with Gasteiger partial charge in [0.2, 0.25) is 0 Å². The fourth-order valence-electron chi connectivity index (χ4n) is 3.15. The number of halogens is 1. The lowest BCUT2D eigenvalue weighted by molar-refractivity contribution is -0.0351. The number of nitrogens with one attached hydrogen (secondary N) is 1. The molecule has 0 aromatic carbocycles. The molecule has 1 unspecified atom stereocenters. The second kappa shape index (κ2) is 7.68. The first-order chi connectivity index (χ1) is 8.85. The molecule has 106 valence electrons. The molecular weight excluding hydrogens is 250 g/mol. The Morgan fingerprint density at radius 2 is 2.06 bits per heavy atom. The Morgan fingerprint density at radius 1 is 1.22 bits per heavy atom. The van der Waals surface area contributed by atoms with Crippen LogP contribution in [0.1, 0.15) is 44.9 Å². The minimum atomic E-state index is 0.274. The molecule has 1 spiro atoms. The van der Waals surface area contributed by atoms with Gasteiger partial charge in [-0.1, -0.05) is 12.8 Å². The Balaban J connectivity index is 1.48. The molecule has 1 aliphatic carbocycles.